The Morgan fingerprint density at radius 1 is 0.667 bits per heavy atom. The van der Waals surface area contributed by atoms with Crippen LogP contribution < -0.4 is 0 Å². The standard InChI is InChI=1S/C15H26/c1-13(2)11-14(7-3-4-8-14)12-15(13)9-5-6-10-15/h3-12H2,1-2H3. The van der Waals surface area contributed by atoms with Crippen LogP contribution in [0.3, 0.4) is 0 Å². The van der Waals surface area contributed by atoms with Gasteiger partial charge in [-0.3, -0.25) is 0 Å². The van der Waals surface area contributed by atoms with Crippen LogP contribution >= 0.6 is 0 Å². The molecule has 15 heavy (non-hydrogen) atoms. The lowest BCUT2D eigenvalue weighted by molar-refractivity contribution is 0.116. The Balaban J connectivity index is 1.90. The quantitative estimate of drug-likeness (QED) is 0.527. The highest BCUT2D eigenvalue weighted by Gasteiger charge is 2.59. The van der Waals surface area contributed by atoms with Crippen molar-refractivity contribution in [3.8, 4) is 0 Å². The molecule has 0 radical (unpaired) electrons. The van der Waals surface area contributed by atoms with Crippen molar-refractivity contribution in [2.24, 2.45) is 16.2 Å². The van der Waals surface area contributed by atoms with E-state index < -0.39 is 0 Å². The normalized spacial score (nSPS) is 35.6. The first-order valence-corrected chi connectivity index (χ1v) is 7.08. The predicted octanol–water partition coefficient (Wildman–Crippen LogP) is 4.93. The molecule has 0 N–H and O–H groups in total. The molecule has 0 bridgehead atoms. The third kappa shape index (κ3) is 1.33. The highest BCUT2D eigenvalue weighted by atomic mass is 14.6. The van der Waals surface area contributed by atoms with E-state index in [4.69, 9.17) is 0 Å². The summed E-state index contributed by atoms with van der Waals surface area (Å²) in [5.74, 6) is 0. The van der Waals surface area contributed by atoms with Crippen LogP contribution in [0.25, 0.3) is 0 Å². The molecule has 0 unspecified atom stereocenters. The molecule has 0 nitrogen and oxygen atoms in total. The van der Waals surface area contributed by atoms with Crippen LogP contribution in [0.4, 0.5) is 0 Å². The average Bonchev–Trinajstić information content (AvgIpc) is 2.79. The van der Waals surface area contributed by atoms with Crippen molar-refractivity contribution < 1.29 is 0 Å². The van der Waals surface area contributed by atoms with Crippen molar-refractivity contribution in [3.05, 3.63) is 0 Å². The lowest BCUT2D eigenvalue weighted by Gasteiger charge is -2.38. The molecule has 0 heterocycles. The van der Waals surface area contributed by atoms with Crippen molar-refractivity contribution in [1.82, 2.24) is 0 Å². The minimum absolute atomic E-state index is 0.647. The second kappa shape index (κ2) is 3.02. The number of hydrogen-bond acceptors (Lipinski definition) is 0. The van der Waals surface area contributed by atoms with Gasteiger partial charge in [0.2, 0.25) is 0 Å². The summed E-state index contributed by atoms with van der Waals surface area (Å²) in [7, 11) is 0. The van der Waals surface area contributed by atoms with E-state index >= 15 is 0 Å². The van der Waals surface area contributed by atoms with Gasteiger partial charge >= 0.3 is 0 Å². The van der Waals surface area contributed by atoms with Gasteiger partial charge < -0.3 is 0 Å². The van der Waals surface area contributed by atoms with Gasteiger partial charge in [0, 0.05) is 0 Å². The smallest absolute Gasteiger partial charge is 0.0241 e. The van der Waals surface area contributed by atoms with E-state index in [9.17, 15) is 0 Å². The number of rotatable bonds is 0. The van der Waals surface area contributed by atoms with Gasteiger partial charge in [0.05, 0.1) is 0 Å². The Morgan fingerprint density at radius 3 is 1.80 bits per heavy atom. The minimum atomic E-state index is 0.647. The molecule has 3 saturated carbocycles. The van der Waals surface area contributed by atoms with Gasteiger partial charge in [0.1, 0.15) is 0 Å². The van der Waals surface area contributed by atoms with Gasteiger partial charge in [-0.1, -0.05) is 39.5 Å². The van der Waals surface area contributed by atoms with Gasteiger partial charge in [-0.2, -0.15) is 0 Å². The summed E-state index contributed by atoms with van der Waals surface area (Å²) in [5, 5.41) is 0. The van der Waals surface area contributed by atoms with Crippen LogP contribution in [0.5, 0.6) is 0 Å². The second-order valence-corrected chi connectivity index (χ2v) is 7.43. The maximum atomic E-state index is 2.57. The van der Waals surface area contributed by atoms with Crippen LogP contribution in [0.2, 0.25) is 0 Å². The lowest BCUT2D eigenvalue weighted by Crippen LogP contribution is -2.29. The minimum Gasteiger partial charge on any atom is -0.0594 e. The summed E-state index contributed by atoms with van der Waals surface area (Å²) in [6.45, 7) is 5.15. The highest BCUT2D eigenvalue weighted by Crippen LogP contribution is 2.70. The van der Waals surface area contributed by atoms with Crippen molar-refractivity contribution >= 4 is 0 Å². The van der Waals surface area contributed by atoms with Gasteiger partial charge in [-0.25, -0.2) is 0 Å². The molecule has 0 amide bonds. The maximum absolute atomic E-state index is 2.57. The first-order valence-electron chi connectivity index (χ1n) is 7.08. The molecule has 0 aliphatic heterocycles. The Hall–Kier alpha value is 0. The van der Waals surface area contributed by atoms with E-state index in [1.807, 2.05) is 0 Å². The van der Waals surface area contributed by atoms with E-state index in [1.165, 1.54) is 25.7 Å². The first-order chi connectivity index (χ1) is 7.08. The molecule has 2 spiro atoms. The lowest BCUT2D eigenvalue weighted by atomic mass is 9.67. The van der Waals surface area contributed by atoms with E-state index in [2.05, 4.69) is 13.8 Å². The molecule has 0 atom stereocenters. The molecule has 3 aliphatic carbocycles. The van der Waals surface area contributed by atoms with Crippen LogP contribution in [-0.4, -0.2) is 0 Å². The van der Waals surface area contributed by atoms with Gasteiger partial charge in [0.15, 0.2) is 0 Å². The van der Waals surface area contributed by atoms with E-state index in [-0.39, 0.29) is 0 Å². The van der Waals surface area contributed by atoms with Gasteiger partial charge in [-0.15, -0.1) is 0 Å². The molecule has 0 aromatic carbocycles. The fourth-order valence-corrected chi connectivity index (χ4v) is 5.53. The van der Waals surface area contributed by atoms with Crippen molar-refractivity contribution in [2.45, 2.75) is 78.1 Å². The zero-order chi connectivity index (χ0) is 10.6. The van der Waals surface area contributed by atoms with Crippen LogP contribution in [-0.2, 0) is 0 Å². The molecule has 0 saturated heterocycles. The fraction of sp³-hybridized carbons (Fsp3) is 1.00. The van der Waals surface area contributed by atoms with Gasteiger partial charge in [0.25, 0.3) is 0 Å². The third-order valence-electron chi connectivity index (χ3n) is 6.19. The molecule has 3 aliphatic rings. The zero-order valence-corrected chi connectivity index (χ0v) is 10.6. The van der Waals surface area contributed by atoms with Gasteiger partial charge in [-0.05, 0) is 54.8 Å². The molecule has 0 aromatic heterocycles. The third-order valence-corrected chi connectivity index (χ3v) is 6.19. The average molecular weight is 206 g/mol. The highest BCUT2D eigenvalue weighted by molar-refractivity contribution is 5.09. The Morgan fingerprint density at radius 2 is 1.20 bits per heavy atom. The summed E-state index contributed by atoms with van der Waals surface area (Å²) < 4.78 is 0. The Labute approximate surface area is 94.8 Å². The van der Waals surface area contributed by atoms with Crippen LogP contribution in [0, 0.1) is 16.2 Å². The molecule has 3 rings (SSSR count). The van der Waals surface area contributed by atoms with Crippen molar-refractivity contribution in [3.63, 3.8) is 0 Å². The molecular formula is C15H26. The molecule has 86 valence electrons. The molecule has 3 fully saturated rings. The fourth-order valence-electron chi connectivity index (χ4n) is 5.53. The largest absolute Gasteiger partial charge is 0.0594 e. The molecule has 0 aromatic rings. The summed E-state index contributed by atoms with van der Waals surface area (Å²) in [4.78, 5) is 0. The Bertz CT molecular complexity index is 249. The predicted molar refractivity (Wildman–Crippen MR) is 64.8 cm³/mol. The monoisotopic (exact) mass is 206 g/mol. The first kappa shape index (κ1) is 10.2. The topological polar surface area (TPSA) is 0 Å². The van der Waals surface area contributed by atoms with E-state index in [0.29, 0.717) is 5.41 Å². The molecule has 0 heteroatoms. The number of hydrogen-bond donors (Lipinski definition) is 0. The van der Waals surface area contributed by atoms with E-state index in [0.717, 1.165) is 10.8 Å². The summed E-state index contributed by atoms with van der Waals surface area (Å²) in [5.41, 5.74) is 2.21. The summed E-state index contributed by atoms with van der Waals surface area (Å²) in [6.07, 6.45) is 15.4. The summed E-state index contributed by atoms with van der Waals surface area (Å²) >= 11 is 0. The second-order valence-electron chi connectivity index (χ2n) is 7.43. The Kier molecular flexibility index (Phi) is 2.05. The molecular weight excluding hydrogens is 180 g/mol. The van der Waals surface area contributed by atoms with Crippen LogP contribution in [0.15, 0.2) is 0 Å². The SMILES string of the molecule is CC1(C)CC2(CCCC2)CC12CCCC2. The van der Waals surface area contributed by atoms with Crippen molar-refractivity contribution in [2.75, 3.05) is 0 Å². The van der Waals surface area contributed by atoms with Crippen LogP contribution in [0.1, 0.15) is 78.1 Å². The maximum Gasteiger partial charge on any atom is -0.0241 e. The summed E-state index contributed by atoms with van der Waals surface area (Å²) in [6, 6.07) is 0. The van der Waals surface area contributed by atoms with Crippen molar-refractivity contribution in [1.29, 1.82) is 0 Å². The zero-order valence-electron chi connectivity index (χ0n) is 10.6. The van der Waals surface area contributed by atoms with E-state index in [1.54, 1.807) is 38.5 Å².